The van der Waals surface area contributed by atoms with Crippen molar-refractivity contribution >= 4 is 34.8 Å². The van der Waals surface area contributed by atoms with Crippen LogP contribution in [0, 0.1) is 19.3 Å². The number of hydrogen-bond acceptors (Lipinski definition) is 4. The second-order valence-electron chi connectivity index (χ2n) is 6.88. The van der Waals surface area contributed by atoms with Crippen molar-refractivity contribution in [2.24, 2.45) is 0 Å². The van der Waals surface area contributed by atoms with Crippen LogP contribution in [0.15, 0.2) is 71.6 Å². The first-order valence-electron chi connectivity index (χ1n) is 9.41. The summed E-state index contributed by atoms with van der Waals surface area (Å²) < 4.78 is 0. The fourth-order valence-electron chi connectivity index (χ4n) is 2.93. The number of aryl methyl sites for hydroxylation is 2. The van der Waals surface area contributed by atoms with Gasteiger partial charge in [-0.3, -0.25) is 10.2 Å². The molecule has 0 aromatic heterocycles. The van der Waals surface area contributed by atoms with Crippen LogP contribution in [0.25, 0.3) is 0 Å². The molecule has 0 spiro atoms. The van der Waals surface area contributed by atoms with Crippen LogP contribution < -0.4 is 10.6 Å². The quantitative estimate of drug-likeness (QED) is 0.353. The number of para-hydroxylation sites is 1. The standard InChI is InChI=1S/C24H25N3OS/c1-16-8-11-19(14-17(16)2)27-24(28)23(25)21-6-4-5-7-22(21)26-15-18-9-12-20(29-3)13-10-18/h4-14,25-26H,15H2,1-3H3,(H,27,28). The van der Waals surface area contributed by atoms with E-state index >= 15 is 0 Å². The van der Waals surface area contributed by atoms with E-state index < -0.39 is 5.91 Å². The molecule has 148 valence electrons. The smallest absolute Gasteiger partial charge is 0.274 e. The second kappa shape index (κ2) is 9.43. The monoisotopic (exact) mass is 403 g/mol. The zero-order valence-electron chi connectivity index (χ0n) is 16.9. The number of benzene rings is 3. The van der Waals surface area contributed by atoms with Gasteiger partial charge in [-0.1, -0.05) is 36.4 Å². The van der Waals surface area contributed by atoms with Gasteiger partial charge in [0.2, 0.25) is 0 Å². The number of carbonyl (C=O) groups excluding carboxylic acids is 1. The number of amides is 1. The lowest BCUT2D eigenvalue weighted by atomic mass is 10.1. The molecule has 0 heterocycles. The van der Waals surface area contributed by atoms with Crippen molar-refractivity contribution in [1.29, 1.82) is 5.41 Å². The highest BCUT2D eigenvalue weighted by molar-refractivity contribution is 7.98. The van der Waals surface area contributed by atoms with E-state index in [2.05, 4.69) is 41.2 Å². The van der Waals surface area contributed by atoms with Crippen molar-refractivity contribution in [1.82, 2.24) is 0 Å². The van der Waals surface area contributed by atoms with Gasteiger partial charge in [0.15, 0.2) is 0 Å². The van der Waals surface area contributed by atoms with Crippen molar-refractivity contribution in [2.75, 3.05) is 16.9 Å². The van der Waals surface area contributed by atoms with Crippen molar-refractivity contribution in [3.8, 4) is 0 Å². The molecule has 3 rings (SSSR count). The van der Waals surface area contributed by atoms with Gasteiger partial charge in [0.1, 0.15) is 5.71 Å². The van der Waals surface area contributed by atoms with Gasteiger partial charge in [0, 0.05) is 28.4 Å². The van der Waals surface area contributed by atoms with Crippen LogP contribution in [0.5, 0.6) is 0 Å². The maximum absolute atomic E-state index is 12.6. The van der Waals surface area contributed by atoms with Crippen molar-refractivity contribution in [3.05, 3.63) is 89.0 Å². The van der Waals surface area contributed by atoms with Crippen LogP contribution in [0.2, 0.25) is 0 Å². The van der Waals surface area contributed by atoms with Gasteiger partial charge in [0.25, 0.3) is 5.91 Å². The number of nitrogens with one attached hydrogen (secondary N) is 3. The first-order valence-corrected chi connectivity index (χ1v) is 10.6. The molecule has 0 aliphatic rings. The summed E-state index contributed by atoms with van der Waals surface area (Å²) in [5.74, 6) is -0.424. The zero-order valence-corrected chi connectivity index (χ0v) is 17.7. The number of rotatable bonds is 7. The lowest BCUT2D eigenvalue weighted by Gasteiger charge is -2.14. The predicted octanol–water partition coefficient (Wildman–Crippen LogP) is 5.64. The fraction of sp³-hybridized carbons (Fsp3) is 0.167. The molecule has 0 atom stereocenters. The number of anilines is 2. The van der Waals surface area contributed by atoms with Crippen LogP contribution in [-0.2, 0) is 11.3 Å². The van der Waals surface area contributed by atoms with Crippen LogP contribution in [0.3, 0.4) is 0 Å². The Hall–Kier alpha value is -3.05. The van der Waals surface area contributed by atoms with E-state index in [1.807, 2.05) is 50.2 Å². The van der Waals surface area contributed by atoms with Gasteiger partial charge in [-0.15, -0.1) is 11.8 Å². The molecule has 0 unspecified atom stereocenters. The van der Waals surface area contributed by atoms with Gasteiger partial charge in [0.05, 0.1) is 0 Å². The molecule has 0 fully saturated rings. The molecule has 0 bridgehead atoms. The zero-order chi connectivity index (χ0) is 20.8. The van der Waals surface area contributed by atoms with Gasteiger partial charge in [-0.05, 0) is 67.1 Å². The molecule has 5 heteroatoms. The normalized spacial score (nSPS) is 10.4. The Balaban J connectivity index is 1.71. The highest BCUT2D eigenvalue weighted by Gasteiger charge is 2.16. The number of thioether (sulfide) groups is 1. The highest BCUT2D eigenvalue weighted by atomic mass is 32.2. The van der Waals surface area contributed by atoms with Crippen LogP contribution in [-0.4, -0.2) is 17.9 Å². The molecule has 29 heavy (non-hydrogen) atoms. The van der Waals surface area contributed by atoms with Gasteiger partial charge in [-0.2, -0.15) is 0 Å². The largest absolute Gasteiger partial charge is 0.380 e. The molecular formula is C24H25N3OS. The Morgan fingerprint density at radius 2 is 1.69 bits per heavy atom. The van der Waals surface area contributed by atoms with E-state index in [1.165, 1.54) is 4.90 Å². The van der Waals surface area contributed by atoms with Gasteiger partial charge in [-0.25, -0.2) is 0 Å². The molecule has 3 N–H and O–H groups in total. The summed E-state index contributed by atoms with van der Waals surface area (Å²) in [5, 5.41) is 14.6. The molecule has 3 aromatic rings. The van der Waals surface area contributed by atoms with Crippen molar-refractivity contribution in [2.45, 2.75) is 25.3 Å². The van der Waals surface area contributed by atoms with E-state index in [0.29, 0.717) is 17.8 Å². The third-order valence-corrected chi connectivity index (χ3v) is 5.57. The lowest BCUT2D eigenvalue weighted by Crippen LogP contribution is -2.24. The third kappa shape index (κ3) is 5.27. The molecule has 1 amide bonds. The fourth-order valence-corrected chi connectivity index (χ4v) is 3.34. The van der Waals surface area contributed by atoms with Gasteiger partial charge >= 0.3 is 0 Å². The average molecular weight is 404 g/mol. The molecule has 0 saturated heterocycles. The molecule has 0 aliphatic heterocycles. The van der Waals surface area contributed by atoms with E-state index in [1.54, 1.807) is 17.8 Å². The minimum Gasteiger partial charge on any atom is -0.380 e. The summed E-state index contributed by atoms with van der Waals surface area (Å²) in [6.45, 7) is 4.65. The van der Waals surface area contributed by atoms with Gasteiger partial charge < -0.3 is 10.6 Å². The minimum absolute atomic E-state index is 0.0657. The summed E-state index contributed by atoms with van der Waals surface area (Å²) in [7, 11) is 0. The van der Waals surface area contributed by atoms with Crippen molar-refractivity contribution < 1.29 is 4.79 Å². The highest BCUT2D eigenvalue weighted by Crippen LogP contribution is 2.20. The summed E-state index contributed by atoms with van der Waals surface area (Å²) in [4.78, 5) is 13.9. The molecule has 0 radical (unpaired) electrons. The number of hydrogen-bond donors (Lipinski definition) is 3. The molecule has 0 aliphatic carbocycles. The predicted molar refractivity (Wildman–Crippen MR) is 123 cm³/mol. The van der Waals surface area contributed by atoms with Crippen molar-refractivity contribution in [3.63, 3.8) is 0 Å². The summed E-state index contributed by atoms with van der Waals surface area (Å²) in [5.41, 5.74) is 5.38. The summed E-state index contributed by atoms with van der Waals surface area (Å²) in [6, 6.07) is 21.5. The Kier molecular flexibility index (Phi) is 6.73. The molecular weight excluding hydrogens is 378 g/mol. The minimum atomic E-state index is -0.424. The first kappa shape index (κ1) is 20.7. The second-order valence-corrected chi connectivity index (χ2v) is 7.76. The first-order chi connectivity index (χ1) is 14.0. The van der Waals surface area contributed by atoms with E-state index in [0.717, 1.165) is 22.4 Å². The SMILES string of the molecule is CSc1ccc(CNc2ccccc2C(=N)C(=O)Nc2ccc(C)c(C)c2)cc1. The van der Waals surface area contributed by atoms with Crippen LogP contribution in [0.1, 0.15) is 22.3 Å². The Labute approximate surface area is 176 Å². The van der Waals surface area contributed by atoms with E-state index in [4.69, 9.17) is 5.41 Å². The van der Waals surface area contributed by atoms with Crippen LogP contribution in [0.4, 0.5) is 11.4 Å². The van der Waals surface area contributed by atoms with Crippen LogP contribution >= 0.6 is 11.8 Å². The van der Waals surface area contributed by atoms with E-state index in [-0.39, 0.29) is 5.71 Å². The maximum atomic E-state index is 12.6. The lowest BCUT2D eigenvalue weighted by molar-refractivity contribution is -0.110. The molecule has 3 aromatic carbocycles. The Morgan fingerprint density at radius 1 is 0.966 bits per heavy atom. The molecule has 0 saturated carbocycles. The average Bonchev–Trinajstić information content (AvgIpc) is 2.75. The third-order valence-electron chi connectivity index (χ3n) is 4.83. The van der Waals surface area contributed by atoms with E-state index in [9.17, 15) is 4.79 Å². The maximum Gasteiger partial charge on any atom is 0.274 e. The Morgan fingerprint density at radius 3 is 2.38 bits per heavy atom. The number of carbonyl (C=O) groups is 1. The molecule has 4 nitrogen and oxygen atoms in total. The topological polar surface area (TPSA) is 65.0 Å². The summed E-state index contributed by atoms with van der Waals surface area (Å²) in [6.07, 6.45) is 2.05. The summed E-state index contributed by atoms with van der Waals surface area (Å²) >= 11 is 1.71. The Bertz CT molecular complexity index is 1030.